The Balaban J connectivity index is 1.23. The number of morpholine rings is 1. The molecule has 3 fully saturated rings. The van der Waals surface area contributed by atoms with E-state index in [2.05, 4.69) is 9.97 Å². The first-order valence-electron chi connectivity index (χ1n) is 9.83. The van der Waals surface area contributed by atoms with Crippen molar-refractivity contribution in [1.29, 1.82) is 0 Å². The summed E-state index contributed by atoms with van der Waals surface area (Å²) in [5.74, 6) is 1.36. The molecule has 3 aliphatic heterocycles. The second-order valence-electron chi connectivity index (χ2n) is 7.67. The molecule has 0 spiro atoms. The van der Waals surface area contributed by atoms with E-state index in [4.69, 9.17) is 14.2 Å². The van der Waals surface area contributed by atoms with Crippen molar-refractivity contribution in [3.63, 3.8) is 0 Å². The number of methoxy groups -OCH3 is 1. The molecule has 8 heteroatoms. The van der Waals surface area contributed by atoms with Gasteiger partial charge in [-0.3, -0.25) is 0 Å². The average molecular weight is 384 g/mol. The van der Waals surface area contributed by atoms with Crippen molar-refractivity contribution in [2.45, 2.75) is 37.5 Å². The van der Waals surface area contributed by atoms with Gasteiger partial charge in [0.1, 0.15) is 12.4 Å². The number of carbonyl (C=O) groups is 1. The summed E-state index contributed by atoms with van der Waals surface area (Å²) in [5.41, 5.74) is 0.823. The van der Waals surface area contributed by atoms with E-state index < -0.39 is 0 Å². The lowest BCUT2D eigenvalue weighted by molar-refractivity contribution is 0.0304. The van der Waals surface area contributed by atoms with E-state index >= 15 is 0 Å². The summed E-state index contributed by atoms with van der Waals surface area (Å²) >= 11 is 0. The van der Waals surface area contributed by atoms with Crippen LogP contribution in [0.15, 0.2) is 24.7 Å². The van der Waals surface area contributed by atoms with Gasteiger partial charge in [-0.05, 0) is 12.5 Å². The molecule has 1 aromatic carbocycles. The number of hydrogen-bond acceptors (Lipinski definition) is 6. The van der Waals surface area contributed by atoms with Crippen molar-refractivity contribution in [2.24, 2.45) is 0 Å². The number of carbonyl (C=O) groups excluding carboxylic acids is 1. The number of piperidine rings is 1. The van der Waals surface area contributed by atoms with Gasteiger partial charge in [-0.1, -0.05) is 0 Å². The number of likely N-dealkylation sites (tertiary alicyclic amines) is 2. The number of ether oxygens (including phenoxy) is 3. The Morgan fingerprint density at radius 3 is 2.82 bits per heavy atom. The van der Waals surface area contributed by atoms with Crippen LogP contribution in [0.3, 0.4) is 0 Å². The minimum absolute atomic E-state index is 0.0541. The van der Waals surface area contributed by atoms with Gasteiger partial charge in [-0.25, -0.2) is 14.8 Å². The van der Waals surface area contributed by atoms with Gasteiger partial charge in [0, 0.05) is 50.1 Å². The fourth-order valence-electron chi connectivity index (χ4n) is 4.40. The SMILES string of the molecule is COc1cc2ncncc2cc1OC1CCN(C(=O)N2C[C@@H]3C[C@H]2CO3)CC1. The van der Waals surface area contributed by atoms with Crippen LogP contribution in [0.2, 0.25) is 0 Å². The van der Waals surface area contributed by atoms with Crippen LogP contribution < -0.4 is 9.47 Å². The number of fused-ring (bicyclic) bond motifs is 3. The number of rotatable bonds is 3. The summed E-state index contributed by atoms with van der Waals surface area (Å²) in [6.07, 6.45) is 6.17. The topological polar surface area (TPSA) is 77.0 Å². The fraction of sp³-hybridized carbons (Fsp3) is 0.550. The molecule has 0 radical (unpaired) electrons. The lowest BCUT2D eigenvalue weighted by Gasteiger charge is -2.37. The van der Waals surface area contributed by atoms with Crippen molar-refractivity contribution in [3.8, 4) is 11.5 Å². The lowest BCUT2D eigenvalue weighted by atomic mass is 10.1. The van der Waals surface area contributed by atoms with Crippen LogP contribution in [0.5, 0.6) is 11.5 Å². The van der Waals surface area contributed by atoms with E-state index in [0.717, 1.165) is 36.7 Å². The van der Waals surface area contributed by atoms with Crippen molar-refractivity contribution in [3.05, 3.63) is 24.7 Å². The van der Waals surface area contributed by atoms with E-state index in [1.165, 1.54) is 6.33 Å². The maximum Gasteiger partial charge on any atom is 0.320 e. The highest BCUT2D eigenvalue weighted by Gasteiger charge is 2.43. The fourth-order valence-corrected chi connectivity index (χ4v) is 4.40. The minimum atomic E-state index is 0.0541. The van der Waals surface area contributed by atoms with E-state index in [1.807, 2.05) is 21.9 Å². The maximum absolute atomic E-state index is 12.8. The molecule has 5 rings (SSSR count). The van der Waals surface area contributed by atoms with E-state index in [-0.39, 0.29) is 24.3 Å². The molecule has 4 heterocycles. The van der Waals surface area contributed by atoms with E-state index in [0.29, 0.717) is 31.2 Å². The van der Waals surface area contributed by atoms with Gasteiger partial charge in [-0.15, -0.1) is 0 Å². The zero-order valence-electron chi connectivity index (χ0n) is 15.9. The van der Waals surface area contributed by atoms with Crippen LogP contribution in [0.4, 0.5) is 4.79 Å². The molecule has 2 atom stereocenters. The first-order chi connectivity index (χ1) is 13.7. The number of benzene rings is 1. The van der Waals surface area contributed by atoms with Crippen molar-refractivity contribution in [2.75, 3.05) is 33.4 Å². The van der Waals surface area contributed by atoms with Gasteiger partial charge < -0.3 is 24.0 Å². The van der Waals surface area contributed by atoms with Crippen molar-refractivity contribution < 1.29 is 19.0 Å². The Labute approximate surface area is 163 Å². The molecule has 0 N–H and O–H groups in total. The Kier molecular flexibility index (Phi) is 4.43. The number of nitrogens with zero attached hydrogens (tertiary/aromatic N) is 4. The van der Waals surface area contributed by atoms with Crippen LogP contribution >= 0.6 is 0 Å². The average Bonchev–Trinajstić information content (AvgIpc) is 3.37. The van der Waals surface area contributed by atoms with Gasteiger partial charge in [-0.2, -0.15) is 0 Å². The monoisotopic (exact) mass is 384 g/mol. The molecule has 1 aromatic heterocycles. The number of amides is 2. The number of aromatic nitrogens is 2. The molecule has 3 saturated heterocycles. The first-order valence-corrected chi connectivity index (χ1v) is 9.83. The Morgan fingerprint density at radius 1 is 1.25 bits per heavy atom. The smallest absolute Gasteiger partial charge is 0.320 e. The van der Waals surface area contributed by atoms with Crippen molar-refractivity contribution in [1.82, 2.24) is 19.8 Å². The molecule has 148 valence electrons. The molecular formula is C20H24N4O4. The van der Waals surface area contributed by atoms with Crippen LogP contribution in [0.1, 0.15) is 19.3 Å². The zero-order chi connectivity index (χ0) is 19.1. The number of urea groups is 1. The Bertz CT molecular complexity index is 884. The molecule has 8 nitrogen and oxygen atoms in total. The van der Waals surface area contributed by atoms with Gasteiger partial charge >= 0.3 is 6.03 Å². The molecule has 0 unspecified atom stereocenters. The van der Waals surface area contributed by atoms with Gasteiger partial charge in [0.2, 0.25) is 0 Å². The summed E-state index contributed by atoms with van der Waals surface area (Å²) in [6.45, 7) is 2.83. The quantitative estimate of drug-likeness (QED) is 0.806. The second-order valence-corrected chi connectivity index (χ2v) is 7.67. The Hall–Kier alpha value is -2.61. The van der Waals surface area contributed by atoms with Crippen LogP contribution in [-0.4, -0.2) is 77.4 Å². The Morgan fingerprint density at radius 2 is 2.11 bits per heavy atom. The summed E-state index contributed by atoms with van der Waals surface area (Å²) in [4.78, 5) is 25.1. The highest BCUT2D eigenvalue weighted by molar-refractivity contribution is 5.81. The highest BCUT2D eigenvalue weighted by atomic mass is 16.5. The molecule has 2 amide bonds. The molecule has 28 heavy (non-hydrogen) atoms. The van der Waals surface area contributed by atoms with E-state index in [1.54, 1.807) is 13.3 Å². The summed E-state index contributed by atoms with van der Waals surface area (Å²) in [6, 6.07) is 4.20. The third kappa shape index (κ3) is 3.11. The molecular weight excluding hydrogens is 360 g/mol. The third-order valence-corrected chi connectivity index (χ3v) is 5.94. The molecule has 2 bridgehead atoms. The summed E-state index contributed by atoms with van der Waals surface area (Å²) in [7, 11) is 1.63. The number of hydrogen-bond donors (Lipinski definition) is 0. The van der Waals surface area contributed by atoms with Crippen LogP contribution in [0, 0.1) is 0 Å². The highest BCUT2D eigenvalue weighted by Crippen LogP contribution is 2.34. The van der Waals surface area contributed by atoms with Gasteiger partial charge in [0.15, 0.2) is 11.5 Å². The molecule has 0 aliphatic carbocycles. The zero-order valence-corrected chi connectivity index (χ0v) is 15.9. The largest absolute Gasteiger partial charge is 0.493 e. The standard InChI is InChI=1S/C20H24N4O4/c1-26-18-8-17-13(9-21-12-22-17)6-19(18)28-15-2-4-23(5-3-15)20(25)24-10-16-7-14(24)11-27-16/h6,8-9,12,14-16H,2-5,7,10-11H2,1H3/t14-,16-/m0/s1. The molecule has 3 aliphatic rings. The first kappa shape index (κ1) is 17.5. The maximum atomic E-state index is 12.8. The minimum Gasteiger partial charge on any atom is -0.493 e. The third-order valence-electron chi connectivity index (χ3n) is 5.94. The van der Waals surface area contributed by atoms with Crippen LogP contribution in [-0.2, 0) is 4.74 Å². The van der Waals surface area contributed by atoms with Crippen molar-refractivity contribution >= 4 is 16.9 Å². The lowest BCUT2D eigenvalue weighted by Crippen LogP contribution is -2.51. The predicted molar refractivity (Wildman–Crippen MR) is 102 cm³/mol. The van der Waals surface area contributed by atoms with Gasteiger partial charge in [0.05, 0.1) is 31.4 Å². The van der Waals surface area contributed by atoms with E-state index in [9.17, 15) is 4.79 Å². The summed E-state index contributed by atoms with van der Waals surface area (Å²) < 4.78 is 17.3. The molecule has 2 aromatic rings. The normalized spacial score (nSPS) is 24.8. The van der Waals surface area contributed by atoms with Gasteiger partial charge in [0.25, 0.3) is 0 Å². The summed E-state index contributed by atoms with van der Waals surface area (Å²) in [5, 5.41) is 0.914. The second kappa shape index (κ2) is 7.09. The predicted octanol–water partition coefficient (Wildman–Crippen LogP) is 2.07. The molecule has 0 saturated carbocycles. The van der Waals surface area contributed by atoms with Crippen LogP contribution in [0.25, 0.3) is 10.9 Å².